The molecular weight excluding hydrogens is 453 g/mol. The first-order valence-corrected chi connectivity index (χ1v) is 13.1. The number of likely N-dealkylation sites (tertiary alicyclic amines) is 2. The average molecular weight is 492 g/mol. The van der Waals surface area contributed by atoms with Gasteiger partial charge in [-0.25, -0.2) is 4.39 Å². The van der Waals surface area contributed by atoms with Crippen molar-refractivity contribution in [1.82, 2.24) is 14.7 Å². The minimum absolute atomic E-state index is 0.0449. The summed E-state index contributed by atoms with van der Waals surface area (Å²) in [5.41, 5.74) is 3.65. The van der Waals surface area contributed by atoms with E-state index in [9.17, 15) is 14.3 Å². The fourth-order valence-corrected chi connectivity index (χ4v) is 5.37. The van der Waals surface area contributed by atoms with Crippen LogP contribution in [-0.4, -0.2) is 64.0 Å². The molecule has 2 aliphatic heterocycles. The molecule has 192 valence electrons. The Bertz CT molecular complexity index is 1050. The van der Waals surface area contributed by atoms with E-state index in [-0.39, 0.29) is 17.8 Å². The number of aliphatic hydroxyl groups is 1. The summed E-state index contributed by atoms with van der Waals surface area (Å²) in [6, 6.07) is 15.0. The molecule has 2 saturated heterocycles. The van der Waals surface area contributed by atoms with Crippen LogP contribution in [0.3, 0.4) is 0 Å². The zero-order valence-corrected chi connectivity index (χ0v) is 21.3. The molecule has 2 fully saturated rings. The first-order valence-electron chi connectivity index (χ1n) is 13.1. The summed E-state index contributed by atoms with van der Waals surface area (Å²) in [4.78, 5) is 20.1. The molecule has 1 amide bonds. The number of nitrogens with zero attached hydrogens (tertiary/aromatic N) is 3. The van der Waals surface area contributed by atoms with Crippen molar-refractivity contribution < 1.29 is 14.3 Å². The van der Waals surface area contributed by atoms with Crippen LogP contribution in [0.5, 0.6) is 0 Å². The van der Waals surface area contributed by atoms with Crippen LogP contribution in [0.25, 0.3) is 11.1 Å². The van der Waals surface area contributed by atoms with E-state index in [0.717, 1.165) is 75.0 Å². The molecule has 0 radical (unpaired) electrons. The highest BCUT2D eigenvalue weighted by Gasteiger charge is 2.31. The number of hydrogen-bond acceptors (Lipinski definition) is 4. The van der Waals surface area contributed by atoms with Gasteiger partial charge in [-0.1, -0.05) is 56.0 Å². The van der Waals surface area contributed by atoms with Crippen molar-refractivity contribution in [2.75, 3.05) is 26.2 Å². The van der Waals surface area contributed by atoms with Gasteiger partial charge in [-0.05, 0) is 67.1 Å². The molecule has 0 spiro atoms. The van der Waals surface area contributed by atoms with Gasteiger partial charge in [0.1, 0.15) is 11.5 Å². The van der Waals surface area contributed by atoms with Crippen molar-refractivity contribution in [2.45, 2.75) is 57.7 Å². The van der Waals surface area contributed by atoms with E-state index in [0.29, 0.717) is 18.3 Å². The summed E-state index contributed by atoms with van der Waals surface area (Å²) in [5, 5.41) is 9.81. The van der Waals surface area contributed by atoms with Crippen LogP contribution in [0.15, 0.2) is 73.1 Å². The highest BCUT2D eigenvalue weighted by Crippen LogP contribution is 2.28. The molecule has 0 aliphatic carbocycles. The van der Waals surface area contributed by atoms with Crippen molar-refractivity contribution in [3.63, 3.8) is 0 Å². The monoisotopic (exact) mass is 491 g/mol. The third-order valence-electron chi connectivity index (χ3n) is 7.43. The largest absolute Gasteiger partial charge is 0.393 e. The molecule has 5 nitrogen and oxygen atoms in total. The minimum Gasteiger partial charge on any atom is -0.393 e. The van der Waals surface area contributed by atoms with Gasteiger partial charge in [-0.3, -0.25) is 4.79 Å². The molecule has 2 aliphatic rings. The van der Waals surface area contributed by atoms with Crippen LogP contribution < -0.4 is 0 Å². The second kappa shape index (κ2) is 12.3. The lowest BCUT2D eigenvalue weighted by Gasteiger charge is -2.41. The number of amides is 1. The van der Waals surface area contributed by atoms with Gasteiger partial charge in [0.05, 0.1) is 6.10 Å². The maximum atomic E-state index is 13.7. The molecule has 0 atom stereocenters. The second-order valence-corrected chi connectivity index (χ2v) is 9.76. The summed E-state index contributed by atoms with van der Waals surface area (Å²) >= 11 is 0. The van der Waals surface area contributed by atoms with E-state index in [1.807, 2.05) is 47.1 Å². The number of carbonyl (C=O) groups excluding carboxylic acids is 1. The third-order valence-corrected chi connectivity index (χ3v) is 7.43. The van der Waals surface area contributed by atoms with Gasteiger partial charge < -0.3 is 19.8 Å². The maximum Gasteiger partial charge on any atom is 0.270 e. The minimum atomic E-state index is -0.260. The van der Waals surface area contributed by atoms with E-state index in [2.05, 4.69) is 11.5 Å². The number of aliphatic hydroxyl groups excluding tert-OH is 1. The van der Waals surface area contributed by atoms with E-state index < -0.39 is 0 Å². The standard InChI is InChI=1S/C30H38FN3O2/c1-3-7-29(30(36)34-18-14-26(15-19-34)33-20-16-27(35)17-21-33)32(4-2)22-24-8-5-6-9-28(24)23-10-12-25(31)13-11-23/h4-13,26-27,35H,2-3,14-22H2,1H3/b29-7-. The van der Waals surface area contributed by atoms with E-state index in [1.54, 1.807) is 18.3 Å². The Kier molecular flexibility index (Phi) is 8.94. The van der Waals surface area contributed by atoms with Gasteiger partial charge in [-0.15, -0.1) is 0 Å². The lowest BCUT2D eigenvalue weighted by Crippen LogP contribution is -2.50. The summed E-state index contributed by atoms with van der Waals surface area (Å²) in [6.07, 6.45) is 7.91. The van der Waals surface area contributed by atoms with Gasteiger partial charge >= 0.3 is 0 Å². The number of carbonyl (C=O) groups is 1. The zero-order valence-electron chi connectivity index (χ0n) is 21.3. The summed E-state index contributed by atoms with van der Waals surface area (Å²) < 4.78 is 13.5. The summed E-state index contributed by atoms with van der Waals surface area (Å²) in [6.45, 7) is 9.92. The number of rotatable bonds is 8. The molecule has 2 heterocycles. The van der Waals surface area contributed by atoms with Crippen molar-refractivity contribution in [3.8, 4) is 11.1 Å². The third kappa shape index (κ3) is 6.23. The molecule has 0 unspecified atom stereocenters. The molecule has 6 heteroatoms. The molecule has 0 saturated carbocycles. The SMILES string of the molecule is C=CN(Cc1ccccc1-c1ccc(F)cc1)/C(=C\CC)C(=O)N1CCC(N2CCC(O)CC2)CC1. The van der Waals surface area contributed by atoms with E-state index >= 15 is 0 Å². The molecule has 4 rings (SSSR count). The Morgan fingerprint density at radius 2 is 1.72 bits per heavy atom. The molecule has 0 bridgehead atoms. The van der Waals surface area contributed by atoms with Crippen molar-refractivity contribution in [1.29, 1.82) is 0 Å². The van der Waals surface area contributed by atoms with Crippen molar-refractivity contribution in [2.24, 2.45) is 0 Å². The van der Waals surface area contributed by atoms with Crippen LogP contribution in [0.1, 0.15) is 44.6 Å². The first-order chi connectivity index (χ1) is 17.5. The Labute approximate surface area is 214 Å². The van der Waals surface area contributed by atoms with Gasteiger partial charge in [0, 0.05) is 38.8 Å². The average Bonchev–Trinajstić information content (AvgIpc) is 2.91. The number of piperidine rings is 2. The summed E-state index contributed by atoms with van der Waals surface area (Å²) in [7, 11) is 0. The lowest BCUT2D eigenvalue weighted by atomic mass is 9.98. The number of allylic oxidation sites excluding steroid dienone is 1. The van der Waals surface area contributed by atoms with Gasteiger partial charge in [0.15, 0.2) is 0 Å². The highest BCUT2D eigenvalue weighted by atomic mass is 19.1. The van der Waals surface area contributed by atoms with Crippen LogP contribution in [-0.2, 0) is 11.3 Å². The number of hydrogen-bond donors (Lipinski definition) is 1. The zero-order chi connectivity index (χ0) is 25.5. The lowest BCUT2D eigenvalue weighted by molar-refractivity contribution is -0.130. The molecule has 2 aromatic carbocycles. The molecule has 0 aromatic heterocycles. The topological polar surface area (TPSA) is 47.0 Å². The van der Waals surface area contributed by atoms with Gasteiger partial charge in [-0.2, -0.15) is 0 Å². The van der Waals surface area contributed by atoms with E-state index in [4.69, 9.17) is 0 Å². The number of halogens is 1. The maximum absolute atomic E-state index is 13.7. The van der Waals surface area contributed by atoms with Crippen molar-refractivity contribution >= 4 is 5.91 Å². The first kappa shape index (κ1) is 26.1. The molecular formula is C30H38FN3O2. The fraction of sp³-hybridized carbons (Fsp3) is 0.433. The Balaban J connectivity index is 1.46. The van der Waals surface area contributed by atoms with E-state index in [1.165, 1.54) is 12.1 Å². The van der Waals surface area contributed by atoms with Crippen LogP contribution in [0.2, 0.25) is 0 Å². The highest BCUT2D eigenvalue weighted by molar-refractivity contribution is 5.93. The summed E-state index contributed by atoms with van der Waals surface area (Å²) in [5.74, 6) is -0.215. The predicted octanol–water partition coefficient (Wildman–Crippen LogP) is 5.18. The van der Waals surface area contributed by atoms with Gasteiger partial charge in [0.25, 0.3) is 5.91 Å². The smallest absolute Gasteiger partial charge is 0.270 e. The Morgan fingerprint density at radius 1 is 1.06 bits per heavy atom. The number of benzene rings is 2. The quantitative estimate of drug-likeness (QED) is 0.517. The van der Waals surface area contributed by atoms with Crippen molar-refractivity contribution in [3.05, 3.63) is 84.5 Å². The van der Waals surface area contributed by atoms with Crippen LogP contribution in [0.4, 0.5) is 4.39 Å². The molecule has 2 aromatic rings. The second-order valence-electron chi connectivity index (χ2n) is 9.76. The Hall–Kier alpha value is -2.96. The molecule has 1 N–H and O–H groups in total. The fourth-order valence-electron chi connectivity index (χ4n) is 5.37. The Morgan fingerprint density at radius 3 is 2.36 bits per heavy atom. The van der Waals surface area contributed by atoms with Gasteiger partial charge in [0.2, 0.25) is 0 Å². The molecule has 36 heavy (non-hydrogen) atoms. The predicted molar refractivity (Wildman–Crippen MR) is 142 cm³/mol. The van der Waals surface area contributed by atoms with Crippen LogP contribution >= 0.6 is 0 Å². The van der Waals surface area contributed by atoms with Crippen LogP contribution in [0, 0.1) is 5.82 Å². The normalized spacial score (nSPS) is 18.3.